The first-order valence-electron chi connectivity index (χ1n) is 6.42. The van der Waals surface area contributed by atoms with E-state index in [1.165, 1.54) is 5.56 Å². The maximum Gasteiger partial charge on any atom is 0.120 e. The fourth-order valence-corrected chi connectivity index (χ4v) is 2.43. The number of rotatable bonds is 8. The third-order valence-corrected chi connectivity index (χ3v) is 3.34. The van der Waals surface area contributed by atoms with Crippen LogP contribution in [0.5, 0.6) is 5.75 Å². The molecule has 1 rings (SSSR count). The molecule has 1 N–H and O–H groups in total. The van der Waals surface area contributed by atoms with Crippen molar-refractivity contribution in [2.24, 2.45) is 0 Å². The predicted molar refractivity (Wildman–Crippen MR) is 78.2 cm³/mol. The Balaban J connectivity index is 2.56. The highest BCUT2D eigenvalue weighted by Gasteiger charge is 2.08. The Labute approximate surface area is 118 Å². The Morgan fingerprint density at radius 3 is 2.67 bits per heavy atom. The van der Waals surface area contributed by atoms with E-state index in [0.717, 1.165) is 23.4 Å². The molecule has 18 heavy (non-hydrogen) atoms. The van der Waals surface area contributed by atoms with E-state index in [9.17, 15) is 0 Å². The molecule has 0 aromatic heterocycles. The van der Waals surface area contributed by atoms with Gasteiger partial charge in [-0.15, -0.1) is 0 Å². The van der Waals surface area contributed by atoms with Crippen molar-refractivity contribution in [3.63, 3.8) is 0 Å². The molecule has 1 aromatic carbocycles. The summed E-state index contributed by atoms with van der Waals surface area (Å²) in [6, 6.07) is 6.43. The summed E-state index contributed by atoms with van der Waals surface area (Å²) in [5.41, 5.74) is 1.24. The van der Waals surface area contributed by atoms with Gasteiger partial charge in [0.15, 0.2) is 0 Å². The van der Waals surface area contributed by atoms with E-state index in [-0.39, 0.29) is 0 Å². The molecule has 3 nitrogen and oxygen atoms in total. The van der Waals surface area contributed by atoms with E-state index in [0.29, 0.717) is 19.3 Å². The van der Waals surface area contributed by atoms with Crippen molar-refractivity contribution in [1.82, 2.24) is 5.32 Å². The largest absolute Gasteiger partial charge is 0.491 e. The van der Waals surface area contributed by atoms with Gasteiger partial charge < -0.3 is 14.8 Å². The van der Waals surface area contributed by atoms with Crippen molar-refractivity contribution in [2.75, 3.05) is 26.4 Å². The molecule has 0 heterocycles. The van der Waals surface area contributed by atoms with Crippen LogP contribution in [-0.4, -0.2) is 26.4 Å². The Morgan fingerprint density at radius 2 is 2.06 bits per heavy atom. The lowest BCUT2D eigenvalue weighted by Crippen LogP contribution is -2.18. The van der Waals surface area contributed by atoms with Gasteiger partial charge in [-0.3, -0.25) is 0 Å². The van der Waals surface area contributed by atoms with Gasteiger partial charge in [-0.1, -0.05) is 28.9 Å². The van der Waals surface area contributed by atoms with Gasteiger partial charge >= 0.3 is 0 Å². The molecule has 1 unspecified atom stereocenters. The van der Waals surface area contributed by atoms with Crippen LogP contribution in [0, 0.1) is 0 Å². The molecular formula is C14H22BrNO2. The van der Waals surface area contributed by atoms with E-state index < -0.39 is 0 Å². The smallest absolute Gasteiger partial charge is 0.120 e. The number of benzene rings is 1. The molecule has 0 bridgehead atoms. The van der Waals surface area contributed by atoms with Crippen molar-refractivity contribution in [2.45, 2.75) is 26.8 Å². The zero-order valence-electron chi connectivity index (χ0n) is 11.3. The Hall–Kier alpha value is -0.580. The first-order valence-corrected chi connectivity index (χ1v) is 7.21. The van der Waals surface area contributed by atoms with E-state index in [4.69, 9.17) is 9.47 Å². The van der Waals surface area contributed by atoms with Crippen LogP contribution in [-0.2, 0) is 4.74 Å². The molecule has 0 aliphatic carbocycles. The minimum atomic E-state index is 0.335. The van der Waals surface area contributed by atoms with Gasteiger partial charge in [0.25, 0.3) is 0 Å². The zero-order valence-corrected chi connectivity index (χ0v) is 12.9. The van der Waals surface area contributed by atoms with Gasteiger partial charge in [-0.25, -0.2) is 0 Å². The number of nitrogens with one attached hydrogen (secondary N) is 1. The second-order valence-electron chi connectivity index (χ2n) is 4.01. The average molecular weight is 316 g/mol. The maximum atomic E-state index is 5.61. The van der Waals surface area contributed by atoms with Crippen molar-refractivity contribution >= 4 is 15.9 Å². The molecule has 0 spiro atoms. The molecule has 1 atom stereocenters. The third-order valence-electron chi connectivity index (χ3n) is 2.65. The molecule has 4 heteroatoms. The topological polar surface area (TPSA) is 30.5 Å². The molecule has 0 aliphatic heterocycles. The monoisotopic (exact) mass is 315 g/mol. The molecule has 0 radical (unpaired) electrons. The SMILES string of the molecule is CCNC(C)c1ccc(OCCOCC)cc1Br. The van der Waals surface area contributed by atoms with Crippen molar-refractivity contribution in [3.05, 3.63) is 28.2 Å². The van der Waals surface area contributed by atoms with Gasteiger partial charge in [0.2, 0.25) is 0 Å². The number of hydrogen-bond acceptors (Lipinski definition) is 3. The van der Waals surface area contributed by atoms with Crippen LogP contribution in [0.4, 0.5) is 0 Å². The second-order valence-corrected chi connectivity index (χ2v) is 4.86. The molecule has 102 valence electrons. The molecule has 0 fully saturated rings. The summed E-state index contributed by atoms with van der Waals surface area (Å²) in [7, 11) is 0. The minimum absolute atomic E-state index is 0.335. The Morgan fingerprint density at radius 1 is 1.28 bits per heavy atom. The predicted octanol–water partition coefficient (Wildman–Crippen LogP) is 3.53. The van der Waals surface area contributed by atoms with E-state index in [2.05, 4.69) is 41.2 Å². The van der Waals surface area contributed by atoms with Gasteiger partial charge in [0.1, 0.15) is 12.4 Å². The normalized spacial score (nSPS) is 12.4. The number of ether oxygens (including phenoxy) is 2. The first kappa shape index (κ1) is 15.5. The summed E-state index contributed by atoms with van der Waals surface area (Å²) >= 11 is 3.59. The maximum absolute atomic E-state index is 5.61. The summed E-state index contributed by atoms with van der Waals surface area (Å²) in [6.07, 6.45) is 0. The quantitative estimate of drug-likeness (QED) is 0.744. The lowest BCUT2D eigenvalue weighted by atomic mass is 10.1. The summed E-state index contributed by atoms with van der Waals surface area (Å²) in [4.78, 5) is 0. The van der Waals surface area contributed by atoms with Gasteiger partial charge in [0, 0.05) is 17.1 Å². The molecule has 0 aliphatic rings. The fraction of sp³-hybridized carbons (Fsp3) is 0.571. The van der Waals surface area contributed by atoms with Crippen molar-refractivity contribution in [1.29, 1.82) is 0 Å². The molecule has 0 saturated heterocycles. The van der Waals surface area contributed by atoms with E-state index >= 15 is 0 Å². The van der Waals surface area contributed by atoms with Crippen LogP contribution in [0.1, 0.15) is 32.4 Å². The Bertz CT molecular complexity index is 358. The van der Waals surface area contributed by atoms with Crippen LogP contribution in [0.2, 0.25) is 0 Å². The lowest BCUT2D eigenvalue weighted by Gasteiger charge is -2.15. The fourth-order valence-electron chi connectivity index (χ4n) is 1.73. The van der Waals surface area contributed by atoms with Crippen molar-refractivity contribution in [3.8, 4) is 5.75 Å². The van der Waals surface area contributed by atoms with Gasteiger partial charge in [-0.05, 0) is 38.1 Å². The van der Waals surface area contributed by atoms with Gasteiger partial charge in [0.05, 0.1) is 6.61 Å². The standard InChI is InChI=1S/C14H22BrNO2/c1-4-16-11(3)13-7-6-12(10-14(13)15)18-9-8-17-5-2/h6-7,10-11,16H,4-5,8-9H2,1-3H3. The first-order chi connectivity index (χ1) is 8.69. The average Bonchev–Trinajstić information content (AvgIpc) is 2.35. The highest BCUT2D eigenvalue weighted by Crippen LogP contribution is 2.27. The molecule has 0 amide bonds. The van der Waals surface area contributed by atoms with Crippen LogP contribution >= 0.6 is 15.9 Å². The van der Waals surface area contributed by atoms with Crippen LogP contribution in [0.3, 0.4) is 0 Å². The zero-order chi connectivity index (χ0) is 13.4. The second kappa shape index (κ2) is 8.51. The molecular weight excluding hydrogens is 294 g/mol. The van der Waals surface area contributed by atoms with E-state index in [1.807, 2.05) is 19.1 Å². The van der Waals surface area contributed by atoms with Crippen LogP contribution in [0.25, 0.3) is 0 Å². The summed E-state index contributed by atoms with van der Waals surface area (Å²) in [6.45, 7) is 9.14. The van der Waals surface area contributed by atoms with Crippen LogP contribution < -0.4 is 10.1 Å². The number of hydrogen-bond donors (Lipinski definition) is 1. The summed E-state index contributed by atoms with van der Waals surface area (Å²) in [5.74, 6) is 0.869. The van der Waals surface area contributed by atoms with Crippen LogP contribution in [0.15, 0.2) is 22.7 Å². The summed E-state index contributed by atoms with van der Waals surface area (Å²) in [5, 5.41) is 3.39. The highest BCUT2D eigenvalue weighted by atomic mass is 79.9. The van der Waals surface area contributed by atoms with E-state index in [1.54, 1.807) is 0 Å². The van der Waals surface area contributed by atoms with Gasteiger partial charge in [-0.2, -0.15) is 0 Å². The summed E-state index contributed by atoms with van der Waals surface area (Å²) < 4.78 is 11.9. The van der Waals surface area contributed by atoms with Crippen molar-refractivity contribution < 1.29 is 9.47 Å². The number of halogens is 1. The highest BCUT2D eigenvalue weighted by molar-refractivity contribution is 9.10. The third kappa shape index (κ3) is 4.96. The Kier molecular flexibility index (Phi) is 7.32. The lowest BCUT2D eigenvalue weighted by molar-refractivity contribution is 0.110. The molecule has 0 saturated carbocycles. The molecule has 1 aromatic rings. The minimum Gasteiger partial charge on any atom is -0.491 e.